The summed E-state index contributed by atoms with van der Waals surface area (Å²) in [6, 6.07) is 16.2. The zero-order valence-electron chi connectivity index (χ0n) is 14.3. The van der Waals surface area contributed by atoms with Crippen molar-refractivity contribution in [1.82, 2.24) is 20.2 Å². The van der Waals surface area contributed by atoms with Gasteiger partial charge in [0.2, 0.25) is 11.1 Å². The lowest BCUT2D eigenvalue weighted by Gasteiger charge is -2.06. The van der Waals surface area contributed by atoms with E-state index in [0.29, 0.717) is 11.7 Å². The van der Waals surface area contributed by atoms with E-state index in [2.05, 4.69) is 15.5 Å². The van der Waals surface area contributed by atoms with Gasteiger partial charge in [-0.3, -0.25) is 4.79 Å². The Hall–Kier alpha value is -2.52. The number of benzene rings is 2. The van der Waals surface area contributed by atoms with Crippen LogP contribution < -0.4 is 11.2 Å². The van der Waals surface area contributed by atoms with Gasteiger partial charge in [0.05, 0.1) is 11.3 Å². The average molecular weight is 404 g/mol. The summed E-state index contributed by atoms with van der Waals surface area (Å²) in [6.45, 7) is 0.564. The minimum Gasteiger partial charge on any atom is -0.355 e. The van der Waals surface area contributed by atoms with Crippen molar-refractivity contribution in [2.45, 2.75) is 10.1 Å². The third kappa shape index (κ3) is 5.24. The number of thioether (sulfide) groups is 2. The van der Waals surface area contributed by atoms with Crippen LogP contribution in [-0.2, 0) is 4.79 Å². The molecule has 0 fully saturated rings. The standard InChI is InChI=1S/C18H18FN5OS2/c19-15-9-5-4-8-14(15)17-22-23-18(24(17)20)27-12-16(25)21-10-11-26-13-6-2-1-3-7-13/h1-9H,10-12,20H2,(H,21,25). The molecule has 1 heterocycles. The van der Waals surface area contributed by atoms with E-state index >= 15 is 0 Å². The number of hydrogen-bond donors (Lipinski definition) is 2. The Morgan fingerprint density at radius 1 is 1.07 bits per heavy atom. The SMILES string of the molecule is Nn1c(SCC(=O)NCCSc2ccccc2)nnc1-c1ccccc1F. The van der Waals surface area contributed by atoms with Gasteiger partial charge < -0.3 is 11.2 Å². The molecule has 3 rings (SSSR count). The number of nitrogen functional groups attached to an aromatic ring is 1. The van der Waals surface area contributed by atoms with E-state index in [1.807, 2.05) is 30.3 Å². The van der Waals surface area contributed by atoms with Crippen molar-refractivity contribution in [3.05, 3.63) is 60.4 Å². The van der Waals surface area contributed by atoms with Crippen molar-refractivity contribution >= 4 is 29.4 Å². The Morgan fingerprint density at radius 3 is 2.59 bits per heavy atom. The van der Waals surface area contributed by atoms with Crippen molar-refractivity contribution in [2.24, 2.45) is 0 Å². The number of carbonyl (C=O) groups excluding carboxylic acids is 1. The van der Waals surface area contributed by atoms with Crippen molar-refractivity contribution in [3.63, 3.8) is 0 Å². The second kappa shape index (κ2) is 9.43. The number of nitrogens with two attached hydrogens (primary N) is 1. The van der Waals surface area contributed by atoms with Gasteiger partial charge in [-0.15, -0.1) is 22.0 Å². The second-order valence-electron chi connectivity index (χ2n) is 5.46. The molecule has 6 nitrogen and oxygen atoms in total. The molecule has 0 unspecified atom stereocenters. The highest BCUT2D eigenvalue weighted by Crippen LogP contribution is 2.23. The number of halogens is 1. The first-order valence-electron chi connectivity index (χ1n) is 8.18. The summed E-state index contributed by atoms with van der Waals surface area (Å²) >= 11 is 2.83. The number of carbonyl (C=O) groups is 1. The molecule has 27 heavy (non-hydrogen) atoms. The molecular formula is C18H18FN5OS2. The largest absolute Gasteiger partial charge is 0.355 e. The normalized spacial score (nSPS) is 10.7. The van der Waals surface area contributed by atoms with E-state index in [1.165, 1.54) is 10.7 Å². The van der Waals surface area contributed by atoms with Crippen molar-refractivity contribution in [3.8, 4) is 11.4 Å². The maximum absolute atomic E-state index is 13.9. The van der Waals surface area contributed by atoms with Gasteiger partial charge in [0.1, 0.15) is 5.82 Å². The molecule has 3 N–H and O–H groups in total. The minimum atomic E-state index is -0.429. The fourth-order valence-corrected chi connectivity index (χ4v) is 3.73. The van der Waals surface area contributed by atoms with Gasteiger partial charge in [0.15, 0.2) is 5.82 Å². The highest BCUT2D eigenvalue weighted by molar-refractivity contribution is 7.99. The molecule has 0 spiro atoms. The summed E-state index contributed by atoms with van der Waals surface area (Å²) in [7, 11) is 0. The Balaban J connectivity index is 1.46. The molecule has 1 amide bonds. The first-order chi connectivity index (χ1) is 13.1. The van der Waals surface area contributed by atoms with Crippen LogP contribution in [0, 0.1) is 5.82 Å². The molecule has 3 aromatic rings. The van der Waals surface area contributed by atoms with Crippen molar-refractivity contribution in [1.29, 1.82) is 0 Å². The Kier molecular flexibility index (Phi) is 6.72. The van der Waals surface area contributed by atoms with E-state index in [-0.39, 0.29) is 23.0 Å². The van der Waals surface area contributed by atoms with Crippen LogP contribution in [0.25, 0.3) is 11.4 Å². The molecule has 0 atom stereocenters. The number of nitrogens with one attached hydrogen (secondary N) is 1. The zero-order valence-corrected chi connectivity index (χ0v) is 16.0. The first-order valence-corrected chi connectivity index (χ1v) is 10.1. The third-order valence-electron chi connectivity index (χ3n) is 3.55. The van der Waals surface area contributed by atoms with Crippen LogP contribution in [0.15, 0.2) is 64.6 Å². The highest BCUT2D eigenvalue weighted by atomic mass is 32.2. The van der Waals surface area contributed by atoms with Crippen LogP contribution in [0.5, 0.6) is 0 Å². The Bertz CT molecular complexity index is 904. The van der Waals surface area contributed by atoms with Crippen molar-refractivity contribution in [2.75, 3.05) is 23.9 Å². The van der Waals surface area contributed by atoms with Crippen LogP contribution in [-0.4, -0.2) is 38.8 Å². The van der Waals surface area contributed by atoms with Gasteiger partial charge >= 0.3 is 0 Å². The number of nitrogens with zero attached hydrogens (tertiary/aromatic N) is 3. The van der Waals surface area contributed by atoms with E-state index in [0.717, 1.165) is 22.4 Å². The number of amides is 1. The van der Waals surface area contributed by atoms with Crippen LogP contribution >= 0.6 is 23.5 Å². The molecule has 0 radical (unpaired) electrons. The number of hydrogen-bond acceptors (Lipinski definition) is 6. The molecular weight excluding hydrogens is 385 g/mol. The molecule has 0 saturated carbocycles. The van der Waals surface area contributed by atoms with Crippen LogP contribution in [0.1, 0.15) is 0 Å². The summed E-state index contributed by atoms with van der Waals surface area (Å²) in [5, 5.41) is 11.1. The molecule has 0 saturated heterocycles. The molecule has 0 aliphatic heterocycles. The van der Waals surface area contributed by atoms with Crippen LogP contribution in [0.2, 0.25) is 0 Å². The maximum Gasteiger partial charge on any atom is 0.230 e. The Labute approximate surface area is 164 Å². The third-order valence-corrected chi connectivity index (χ3v) is 5.50. The van der Waals surface area contributed by atoms with E-state index in [4.69, 9.17) is 5.84 Å². The lowest BCUT2D eigenvalue weighted by Crippen LogP contribution is -2.27. The highest BCUT2D eigenvalue weighted by Gasteiger charge is 2.16. The van der Waals surface area contributed by atoms with Crippen LogP contribution in [0.3, 0.4) is 0 Å². The summed E-state index contributed by atoms with van der Waals surface area (Å²) in [6.07, 6.45) is 0. The average Bonchev–Trinajstić information content (AvgIpc) is 3.05. The summed E-state index contributed by atoms with van der Waals surface area (Å²) in [5.74, 6) is 6.55. The van der Waals surface area contributed by atoms with Gasteiger partial charge in [-0.05, 0) is 24.3 Å². The first kappa shape index (κ1) is 19.2. The number of rotatable bonds is 8. The molecule has 0 aliphatic rings. The summed E-state index contributed by atoms with van der Waals surface area (Å²) < 4.78 is 15.1. The van der Waals surface area contributed by atoms with Crippen LogP contribution in [0.4, 0.5) is 4.39 Å². The second-order valence-corrected chi connectivity index (χ2v) is 7.57. The fraction of sp³-hybridized carbons (Fsp3) is 0.167. The monoisotopic (exact) mass is 403 g/mol. The van der Waals surface area contributed by atoms with Gasteiger partial charge in [0.25, 0.3) is 0 Å². The van der Waals surface area contributed by atoms with Gasteiger partial charge in [-0.1, -0.05) is 42.1 Å². The topological polar surface area (TPSA) is 85.8 Å². The van der Waals surface area contributed by atoms with E-state index in [1.54, 1.807) is 30.0 Å². The lowest BCUT2D eigenvalue weighted by molar-refractivity contribution is -0.118. The summed E-state index contributed by atoms with van der Waals surface area (Å²) in [4.78, 5) is 13.1. The molecule has 2 aromatic carbocycles. The zero-order chi connectivity index (χ0) is 19.1. The predicted molar refractivity (Wildman–Crippen MR) is 106 cm³/mol. The van der Waals surface area contributed by atoms with Gasteiger partial charge in [0, 0.05) is 17.2 Å². The minimum absolute atomic E-state index is 0.121. The number of aromatic nitrogens is 3. The molecule has 9 heteroatoms. The lowest BCUT2D eigenvalue weighted by atomic mass is 10.2. The van der Waals surface area contributed by atoms with E-state index < -0.39 is 5.82 Å². The molecule has 0 bridgehead atoms. The van der Waals surface area contributed by atoms with Gasteiger partial charge in [-0.2, -0.15) is 0 Å². The molecule has 140 valence electrons. The molecule has 0 aliphatic carbocycles. The quantitative estimate of drug-likeness (QED) is 0.342. The Morgan fingerprint density at radius 2 is 1.81 bits per heavy atom. The predicted octanol–water partition coefficient (Wildman–Crippen LogP) is 2.80. The van der Waals surface area contributed by atoms with Crippen molar-refractivity contribution < 1.29 is 9.18 Å². The van der Waals surface area contributed by atoms with E-state index in [9.17, 15) is 9.18 Å². The summed E-state index contributed by atoms with van der Waals surface area (Å²) in [5.41, 5.74) is 0.265. The maximum atomic E-state index is 13.9. The fourth-order valence-electron chi connectivity index (χ4n) is 2.26. The van der Waals surface area contributed by atoms with Gasteiger partial charge in [-0.25, -0.2) is 9.07 Å². The molecule has 1 aromatic heterocycles. The smallest absolute Gasteiger partial charge is 0.230 e.